The molecule has 0 bridgehead atoms. The largest absolute Gasteiger partial charge is 0.454 e. The van der Waals surface area contributed by atoms with Gasteiger partial charge >= 0.3 is 0 Å². The minimum absolute atomic E-state index is 0.158. The molecule has 0 saturated carbocycles. The topological polar surface area (TPSA) is 67.9 Å². The highest BCUT2D eigenvalue weighted by molar-refractivity contribution is 6.04. The molecular weight excluding hydrogens is 332 g/mol. The van der Waals surface area contributed by atoms with Crippen molar-refractivity contribution in [2.75, 3.05) is 18.7 Å². The molecule has 6 nitrogen and oxygen atoms in total. The van der Waals surface area contributed by atoms with Crippen LogP contribution in [0.1, 0.15) is 34.8 Å². The second-order valence-electron chi connectivity index (χ2n) is 6.42. The quantitative estimate of drug-likeness (QED) is 0.922. The summed E-state index contributed by atoms with van der Waals surface area (Å²) in [5.41, 5.74) is 3.54. The van der Waals surface area contributed by atoms with Crippen LogP contribution in [0, 0.1) is 0 Å². The number of hydrogen-bond donors (Lipinski definition) is 1. The van der Waals surface area contributed by atoms with Crippen LogP contribution in [-0.4, -0.2) is 30.1 Å². The van der Waals surface area contributed by atoms with Crippen LogP contribution in [0.4, 0.5) is 5.69 Å². The Bertz CT molecular complexity index is 878. The number of hydrogen-bond acceptors (Lipinski definition) is 4. The molecule has 2 heterocycles. The number of fused-ring (bicyclic) bond motifs is 2. The number of carbonyl (C=O) groups excluding carboxylic acids is 2. The van der Waals surface area contributed by atoms with Crippen molar-refractivity contribution in [3.8, 4) is 11.5 Å². The number of anilines is 1. The van der Waals surface area contributed by atoms with Gasteiger partial charge < -0.3 is 19.7 Å². The van der Waals surface area contributed by atoms with E-state index in [1.54, 1.807) is 18.2 Å². The van der Waals surface area contributed by atoms with E-state index in [1.165, 1.54) is 5.56 Å². The summed E-state index contributed by atoms with van der Waals surface area (Å²) in [4.78, 5) is 26.3. The Morgan fingerprint density at radius 1 is 1.08 bits per heavy atom. The summed E-state index contributed by atoms with van der Waals surface area (Å²) in [6.45, 7) is 3.40. The molecule has 0 saturated heterocycles. The van der Waals surface area contributed by atoms with Crippen molar-refractivity contribution < 1.29 is 19.1 Å². The van der Waals surface area contributed by atoms with Crippen molar-refractivity contribution in [3.05, 3.63) is 53.1 Å². The molecule has 2 amide bonds. The van der Waals surface area contributed by atoms with Crippen LogP contribution in [0.3, 0.4) is 0 Å². The minimum Gasteiger partial charge on any atom is -0.454 e. The lowest BCUT2D eigenvalue weighted by molar-refractivity contribution is -0.131. The molecular formula is C20H20N2O4. The van der Waals surface area contributed by atoms with Gasteiger partial charge in [-0.2, -0.15) is 0 Å². The Morgan fingerprint density at radius 2 is 1.92 bits per heavy atom. The van der Waals surface area contributed by atoms with E-state index in [0.717, 1.165) is 24.2 Å². The van der Waals surface area contributed by atoms with E-state index < -0.39 is 0 Å². The average Bonchev–Trinajstić information content (AvgIpc) is 3.14. The Kier molecular flexibility index (Phi) is 4.24. The molecule has 2 aliphatic heterocycles. The van der Waals surface area contributed by atoms with Crippen LogP contribution in [-0.2, 0) is 17.8 Å². The van der Waals surface area contributed by atoms with Gasteiger partial charge in [-0.05, 0) is 47.9 Å². The summed E-state index contributed by atoms with van der Waals surface area (Å²) in [6, 6.07) is 11.0. The second-order valence-corrected chi connectivity index (χ2v) is 6.42. The molecule has 26 heavy (non-hydrogen) atoms. The standard InChI is InChI=1S/C20H20N2O4/c1-2-19(23)22-8-7-13-3-5-16(9-15(13)11-22)21-20(24)14-4-6-17-18(10-14)26-12-25-17/h3-6,9-10H,2,7-8,11-12H2,1H3,(H,21,24). The summed E-state index contributed by atoms with van der Waals surface area (Å²) in [7, 11) is 0. The third kappa shape index (κ3) is 3.10. The molecule has 0 radical (unpaired) electrons. The summed E-state index contributed by atoms with van der Waals surface area (Å²) in [5.74, 6) is 1.18. The van der Waals surface area contributed by atoms with Crippen LogP contribution < -0.4 is 14.8 Å². The van der Waals surface area contributed by atoms with Gasteiger partial charge in [0.05, 0.1) is 0 Å². The minimum atomic E-state index is -0.208. The first kappa shape index (κ1) is 16.4. The predicted molar refractivity (Wildman–Crippen MR) is 96.4 cm³/mol. The smallest absolute Gasteiger partial charge is 0.255 e. The molecule has 0 unspecified atom stereocenters. The average molecular weight is 352 g/mol. The van der Waals surface area contributed by atoms with Gasteiger partial charge in [0.2, 0.25) is 12.7 Å². The molecule has 0 spiro atoms. The van der Waals surface area contributed by atoms with Gasteiger partial charge in [-0.1, -0.05) is 13.0 Å². The summed E-state index contributed by atoms with van der Waals surface area (Å²) in [6.07, 6.45) is 1.35. The summed E-state index contributed by atoms with van der Waals surface area (Å²) in [5, 5.41) is 2.92. The zero-order valence-corrected chi connectivity index (χ0v) is 14.6. The molecule has 0 aromatic heterocycles. The van der Waals surface area contributed by atoms with Crippen LogP contribution >= 0.6 is 0 Å². The van der Waals surface area contributed by atoms with E-state index in [9.17, 15) is 9.59 Å². The van der Waals surface area contributed by atoms with Crippen molar-refractivity contribution >= 4 is 17.5 Å². The molecule has 2 aromatic carbocycles. The number of nitrogens with zero attached hydrogens (tertiary/aromatic N) is 1. The lowest BCUT2D eigenvalue weighted by Crippen LogP contribution is -2.35. The molecule has 2 aliphatic rings. The van der Waals surface area contributed by atoms with E-state index in [1.807, 2.05) is 30.0 Å². The fraction of sp³-hybridized carbons (Fsp3) is 0.300. The fourth-order valence-electron chi connectivity index (χ4n) is 3.31. The number of benzene rings is 2. The van der Waals surface area contributed by atoms with Crippen molar-refractivity contribution in [2.24, 2.45) is 0 Å². The van der Waals surface area contributed by atoms with Gasteiger partial charge in [0, 0.05) is 30.8 Å². The SMILES string of the molecule is CCC(=O)N1CCc2ccc(NC(=O)c3ccc4c(c3)OCO4)cc2C1. The maximum atomic E-state index is 12.5. The first-order valence-electron chi connectivity index (χ1n) is 8.74. The van der Waals surface area contributed by atoms with Crippen molar-refractivity contribution in [3.63, 3.8) is 0 Å². The summed E-state index contributed by atoms with van der Waals surface area (Å²) < 4.78 is 10.6. The molecule has 0 aliphatic carbocycles. The van der Waals surface area contributed by atoms with Crippen molar-refractivity contribution in [2.45, 2.75) is 26.3 Å². The predicted octanol–water partition coefficient (Wildman–Crippen LogP) is 2.96. The van der Waals surface area contributed by atoms with Crippen molar-refractivity contribution in [1.29, 1.82) is 0 Å². The first-order chi connectivity index (χ1) is 12.6. The lowest BCUT2D eigenvalue weighted by Gasteiger charge is -2.29. The highest BCUT2D eigenvalue weighted by atomic mass is 16.7. The van der Waals surface area contributed by atoms with E-state index in [0.29, 0.717) is 30.0 Å². The molecule has 0 atom stereocenters. The van der Waals surface area contributed by atoms with Gasteiger partial charge in [0.25, 0.3) is 5.91 Å². The Balaban J connectivity index is 1.50. The van der Waals surface area contributed by atoms with Crippen LogP contribution in [0.5, 0.6) is 11.5 Å². The third-order valence-corrected chi connectivity index (χ3v) is 4.77. The maximum absolute atomic E-state index is 12.5. The third-order valence-electron chi connectivity index (χ3n) is 4.77. The second kappa shape index (κ2) is 6.71. The van der Waals surface area contributed by atoms with E-state index in [2.05, 4.69) is 5.32 Å². The number of nitrogens with one attached hydrogen (secondary N) is 1. The van der Waals surface area contributed by atoms with Gasteiger partial charge in [-0.15, -0.1) is 0 Å². The molecule has 4 rings (SSSR count). The van der Waals surface area contributed by atoms with E-state index >= 15 is 0 Å². The first-order valence-corrected chi connectivity index (χ1v) is 8.74. The zero-order chi connectivity index (χ0) is 18.1. The Labute approximate surface area is 151 Å². The number of rotatable bonds is 3. The van der Waals surface area contributed by atoms with Crippen LogP contribution in [0.2, 0.25) is 0 Å². The highest BCUT2D eigenvalue weighted by Crippen LogP contribution is 2.32. The number of ether oxygens (including phenoxy) is 2. The van der Waals surface area contributed by atoms with E-state index in [-0.39, 0.29) is 18.6 Å². The molecule has 6 heteroatoms. The highest BCUT2D eigenvalue weighted by Gasteiger charge is 2.20. The van der Waals surface area contributed by atoms with Crippen LogP contribution in [0.25, 0.3) is 0 Å². The Morgan fingerprint density at radius 3 is 2.77 bits per heavy atom. The fourth-order valence-corrected chi connectivity index (χ4v) is 3.31. The number of carbonyl (C=O) groups is 2. The monoisotopic (exact) mass is 352 g/mol. The number of amides is 2. The van der Waals surface area contributed by atoms with Gasteiger partial charge in [0.1, 0.15) is 0 Å². The molecule has 2 aromatic rings. The molecule has 0 fully saturated rings. The van der Waals surface area contributed by atoms with E-state index in [4.69, 9.17) is 9.47 Å². The maximum Gasteiger partial charge on any atom is 0.255 e. The molecule has 134 valence electrons. The van der Waals surface area contributed by atoms with Gasteiger partial charge in [-0.3, -0.25) is 9.59 Å². The lowest BCUT2D eigenvalue weighted by atomic mass is 9.98. The van der Waals surface area contributed by atoms with Crippen molar-refractivity contribution in [1.82, 2.24) is 4.90 Å². The zero-order valence-electron chi connectivity index (χ0n) is 14.6. The Hall–Kier alpha value is -3.02. The van der Waals surface area contributed by atoms with Crippen LogP contribution in [0.15, 0.2) is 36.4 Å². The van der Waals surface area contributed by atoms with Gasteiger partial charge in [0.15, 0.2) is 11.5 Å². The summed E-state index contributed by atoms with van der Waals surface area (Å²) >= 11 is 0. The molecule has 1 N–H and O–H groups in total. The van der Waals surface area contributed by atoms with Gasteiger partial charge in [-0.25, -0.2) is 0 Å². The normalized spacial score (nSPS) is 14.7.